The molecule has 4 rings (SSSR count). The summed E-state index contributed by atoms with van der Waals surface area (Å²) in [5.74, 6) is 0.643. The van der Waals surface area contributed by atoms with Crippen LogP contribution in [-0.4, -0.2) is 71.1 Å². The second-order valence-corrected chi connectivity index (χ2v) is 8.72. The molecule has 1 aromatic heterocycles. The number of sulfonamides is 1. The molecule has 9 nitrogen and oxygen atoms in total. The van der Waals surface area contributed by atoms with Crippen LogP contribution in [0.25, 0.3) is 5.69 Å². The average Bonchev–Trinajstić information content (AvgIpc) is 3.22. The highest BCUT2D eigenvalue weighted by Crippen LogP contribution is 2.21. The fourth-order valence-electron chi connectivity index (χ4n) is 3.35. The highest BCUT2D eigenvalue weighted by atomic mass is 32.2. The number of aromatic nitrogens is 4. The number of tetrazole rings is 1. The van der Waals surface area contributed by atoms with Gasteiger partial charge in [-0.25, -0.2) is 12.8 Å². The van der Waals surface area contributed by atoms with E-state index in [4.69, 9.17) is 4.74 Å². The van der Waals surface area contributed by atoms with Crippen molar-refractivity contribution in [1.82, 2.24) is 29.4 Å². The molecule has 1 fully saturated rings. The van der Waals surface area contributed by atoms with Gasteiger partial charge in [0.15, 0.2) is 5.82 Å². The Bertz CT molecular complexity index is 1110. The number of ether oxygens (including phenoxy) is 1. The largest absolute Gasteiger partial charge is 0.497 e. The first-order valence-corrected chi connectivity index (χ1v) is 10.8. The number of hydrogen-bond donors (Lipinski definition) is 0. The van der Waals surface area contributed by atoms with E-state index in [0.717, 1.165) is 17.5 Å². The van der Waals surface area contributed by atoms with E-state index < -0.39 is 15.8 Å². The fourth-order valence-corrected chi connectivity index (χ4v) is 4.84. The lowest BCUT2D eigenvalue weighted by molar-refractivity contribution is 0.176. The molecule has 0 unspecified atom stereocenters. The van der Waals surface area contributed by atoms with Crippen molar-refractivity contribution >= 4 is 10.0 Å². The Hall–Kier alpha value is -2.89. The number of halogens is 1. The predicted molar refractivity (Wildman–Crippen MR) is 106 cm³/mol. The van der Waals surface area contributed by atoms with Gasteiger partial charge in [0.2, 0.25) is 10.0 Å². The average molecular weight is 432 g/mol. The molecule has 1 aliphatic rings. The molecule has 0 amide bonds. The van der Waals surface area contributed by atoms with Gasteiger partial charge in [0.25, 0.3) is 0 Å². The monoisotopic (exact) mass is 432 g/mol. The number of methoxy groups -OCH3 is 1. The van der Waals surface area contributed by atoms with Crippen LogP contribution in [0.15, 0.2) is 53.4 Å². The predicted octanol–water partition coefficient (Wildman–Crippen LogP) is 1.32. The molecular weight excluding hydrogens is 411 g/mol. The molecule has 0 bridgehead atoms. The molecule has 30 heavy (non-hydrogen) atoms. The van der Waals surface area contributed by atoms with Crippen LogP contribution in [0.4, 0.5) is 4.39 Å². The third-order valence-electron chi connectivity index (χ3n) is 5.00. The molecule has 158 valence electrons. The zero-order chi connectivity index (χ0) is 21.1. The SMILES string of the molecule is COc1ccc(-n2nnnc2CN2CCN(S(=O)(=O)c3ccccc3F)CC2)cc1. The minimum absolute atomic E-state index is 0.265. The van der Waals surface area contributed by atoms with Gasteiger partial charge in [-0.3, -0.25) is 4.90 Å². The number of piperazine rings is 1. The standard InChI is InChI=1S/C19H21FN6O3S/c1-29-16-8-6-15(7-9-16)26-19(21-22-23-26)14-24-10-12-25(13-11-24)30(27,28)18-5-3-2-4-17(18)20/h2-9H,10-14H2,1H3. The summed E-state index contributed by atoms with van der Waals surface area (Å²) in [4.78, 5) is 1.78. The van der Waals surface area contributed by atoms with Crippen molar-refractivity contribution in [3.8, 4) is 11.4 Å². The van der Waals surface area contributed by atoms with E-state index in [9.17, 15) is 12.8 Å². The molecular formula is C19H21FN6O3S. The molecule has 0 N–H and O–H groups in total. The molecule has 3 aromatic rings. The Labute approximate surface area is 173 Å². The summed E-state index contributed by atoms with van der Waals surface area (Å²) in [6.45, 7) is 1.97. The minimum atomic E-state index is -3.86. The van der Waals surface area contributed by atoms with Gasteiger partial charge < -0.3 is 4.74 Å². The summed E-state index contributed by atoms with van der Waals surface area (Å²) >= 11 is 0. The lowest BCUT2D eigenvalue weighted by atomic mass is 10.3. The molecule has 0 aliphatic carbocycles. The molecule has 0 atom stereocenters. The summed E-state index contributed by atoms with van der Waals surface area (Å²) in [5.41, 5.74) is 0.802. The van der Waals surface area contributed by atoms with Gasteiger partial charge in [0.1, 0.15) is 16.5 Å². The van der Waals surface area contributed by atoms with Gasteiger partial charge in [-0.05, 0) is 46.8 Å². The quantitative estimate of drug-likeness (QED) is 0.580. The van der Waals surface area contributed by atoms with E-state index in [-0.39, 0.29) is 18.0 Å². The van der Waals surface area contributed by atoms with Crippen molar-refractivity contribution in [3.63, 3.8) is 0 Å². The maximum absolute atomic E-state index is 14.0. The van der Waals surface area contributed by atoms with Gasteiger partial charge >= 0.3 is 0 Å². The Balaban J connectivity index is 1.42. The van der Waals surface area contributed by atoms with E-state index in [2.05, 4.69) is 20.4 Å². The zero-order valence-electron chi connectivity index (χ0n) is 16.3. The van der Waals surface area contributed by atoms with Crippen LogP contribution in [0, 0.1) is 5.82 Å². The van der Waals surface area contributed by atoms with Crippen molar-refractivity contribution in [2.45, 2.75) is 11.4 Å². The van der Waals surface area contributed by atoms with Crippen LogP contribution >= 0.6 is 0 Å². The summed E-state index contributed by atoms with van der Waals surface area (Å²) in [7, 11) is -2.26. The normalized spacial score (nSPS) is 15.9. The second-order valence-electron chi connectivity index (χ2n) is 6.82. The molecule has 1 aliphatic heterocycles. The third kappa shape index (κ3) is 4.04. The fraction of sp³-hybridized carbons (Fsp3) is 0.316. The van der Waals surface area contributed by atoms with E-state index in [0.29, 0.717) is 25.5 Å². The molecule has 1 saturated heterocycles. The minimum Gasteiger partial charge on any atom is -0.497 e. The van der Waals surface area contributed by atoms with Crippen LogP contribution in [0.2, 0.25) is 0 Å². The van der Waals surface area contributed by atoms with E-state index in [1.54, 1.807) is 11.8 Å². The topological polar surface area (TPSA) is 93.4 Å². The van der Waals surface area contributed by atoms with E-state index >= 15 is 0 Å². The van der Waals surface area contributed by atoms with Gasteiger partial charge in [0, 0.05) is 26.2 Å². The highest BCUT2D eigenvalue weighted by Gasteiger charge is 2.30. The Morgan fingerprint density at radius 2 is 1.73 bits per heavy atom. The van der Waals surface area contributed by atoms with Crippen LogP contribution in [0.3, 0.4) is 0 Å². The summed E-state index contributed by atoms with van der Waals surface area (Å²) in [6, 6.07) is 12.8. The van der Waals surface area contributed by atoms with Gasteiger partial charge in [0.05, 0.1) is 19.3 Å². The van der Waals surface area contributed by atoms with Crippen LogP contribution in [-0.2, 0) is 16.6 Å². The first-order valence-electron chi connectivity index (χ1n) is 9.38. The first-order chi connectivity index (χ1) is 14.5. The number of rotatable bonds is 6. The van der Waals surface area contributed by atoms with Gasteiger partial charge in [-0.2, -0.15) is 8.99 Å². The van der Waals surface area contributed by atoms with Crippen LogP contribution in [0.5, 0.6) is 5.75 Å². The molecule has 0 saturated carbocycles. The zero-order valence-corrected chi connectivity index (χ0v) is 17.2. The summed E-state index contributed by atoms with van der Waals surface area (Å²) in [6.07, 6.45) is 0. The Morgan fingerprint density at radius 3 is 2.40 bits per heavy atom. The van der Waals surface area contributed by atoms with E-state index in [1.807, 2.05) is 24.3 Å². The van der Waals surface area contributed by atoms with Crippen LogP contribution < -0.4 is 4.74 Å². The summed E-state index contributed by atoms with van der Waals surface area (Å²) in [5, 5.41) is 11.9. The first kappa shape index (κ1) is 20.4. The van der Waals surface area contributed by atoms with Crippen molar-refractivity contribution in [1.29, 1.82) is 0 Å². The number of benzene rings is 2. The van der Waals surface area contributed by atoms with Crippen molar-refractivity contribution in [3.05, 3.63) is 60.2 Å². The number of hydrogen-bond acceptors (Lipinski definition) is 7. The lowest BCUT2D eigenvalue weighted by Crippen LogP contribution is -2.48. The molecule has 2 heterocycles. The Morgan fingerprint density at radius 1 is 1.03 bits per heavy atom. The molecule has 0 spiro atoms. The highest BCUT2D eigenvalue weighted by molar-refractivity contribution is 7.89. The van der Waals surface area contributed by atoms with Crippen molar-refractivity contribution < 1.29 is 17.5 Å². The van der Waals surface area contributed by atoms with Gasteiger partial charge in [-0.1, -0.05) is 12.1 Å². The lowest BCUT2D eigenvalue weighted by Gasteiger charge is -2.33. The molecule has 11 heteroatoms. The van der Waals surface area contributed by atoms with Crippen molar-refractivity contribution in [2.24, 2.45) is 0 Å². The van der Waals surface area contributed by atoms with Gasteiger partial charge in [-0.15, -0.1) is 5.10 Å². The smallest absolute Gasteiger partial charge is 0.246 e. The molecule has 2 aromatic carbocycles. The van der Waals surface area contributed by atoms with E-state index in [1.165, 1.54) is 22.5 Å². The Kier molecular flexibility index (Phi) is 5.75. The molecule has 0 radical (unpaired) electrons. The van der Waals surface area contributed by atoms with Crippen LogP contribution in [0.1, 0.15) is 5.82 Å². The maximum atomic E-state index is 14.0. The second kappa shape index (κ2) is 8.46. The third-order valence-corrected chi connectivity index (χ3v) is 6.93. The van der Waals surface area contributed by atoms with Crippen molar-refractivity contribution in [2.75, 3.05) is 33.3 Å². The summed E-state index contributed by atoms with van der Waals surface area (Å²) < 4.78 is 47.6. The maximum Gasteiger partial charge on any atom is 0.246 e. The number of nitrogens with zero attached hydrogens (tertiary/aromatic N) is 6.